The van der Waals surface area contributed by atoms with Gasteiger partial charge in [-0.2, -0.15) is 0 Å². The van der Waals surface area contributed by atoms with E-state index in [0.717, 1.165) is 18.8 Å². The topological polar surface area (TPSA) is 53.6 Å². The van der Waals surface area contributed by atoms with E-state index in [1.807, 2.05) is 24.3 Å². The summed E-state index contributed by atoms with van der Waals surface area (Å²) in [5.74, 6) is 0.435. The van der Waals surface area contributed by atoms with Crippen molar-refractivity contribution >= 4 is 35.6 Å². The Balaban J connectivity index is 0.00000288. The molecule has 24 heavy (non-hydrogen) atoms. The largest absolute Gasteiger partial charge is 0.370 e. The zero-order valence-corrected chi connectivity index (χ0v) is 17.0. The van der Waals surface area contributed by atoms with Crippen molar-refractivity contribution < 1.29 is 0 Å². The number of halogens is 1. The lowest BCUT2D eigenvalue weighted by atomic mass is 10.1. The molecule has 2 aromatic rings. The normalized spacial score (nSPS) is 11.2. The van der Waals surface area contributed by atoms with E-state index < -0.39 is 0 Å². The summed E-state index contributed by atoms with van der Waals surface area (Å²) in [5, 5.41) is 3.11. The van der Waals surface area contributed by atoms with Crippen molar-refractivity contribution in [3.05, 3.63) is 65.2 Å². The molecule has 2 rings (SSSR count). The summed E-state index contributed by atoms with van der Waals surface area (Å²) in [4.78, 5) is 6.70. The minimum Gasteiger partial charge on any atom is -0.370 e. The molecule has 0 saturated carbocycles. The highest BCUT2D eigenvalue weighted by atomic mass is 127. The van der Waals surface area contributed by atoms with Crippen molar-refractivity contribution in [2.24, 2.45) is 10.7 Å². The molecule has 0 atom stereocenters. The Morgan fingerprint density at radius 2 is 1.79 bits per heavy atom. The maximum atomic E-state index is 5.96. The first kappa shape index (κ1) is 20.4. The zero-order valence-electron chi connectivity index (χ0n) is 14.6. The molecule has 0 aromatic heterocycles. The summed E-state index contributed by atoms with van der Waals surface area (Å²) in [6, 6.07) is 16.6. The summed E-state index contributed by atoms with van der Waals surface area (Å²) < 4.78 is 0. The molecule has 0 spiro atoms. The van der Waals surface area contributed by atoms with E-state index >= 15 is 0 Å². The number of benzene rings is 2. The second-order valence-electron chi connectivity index (χ2n) is 5.84. The smallest absolute Gasteiger partial charge is 0.193 e. The molecule has 3 N–H and O–H groups in total. The first-order valence-corrected chi connectivity index (χ1v) is 7.97. The molecule has 0 unspecified atom stereocenters. The van der Waals surface area contributed by atoms with Gasteiger partial charge in [-0.15, -0.1) is 24.0 Å². The van der Waals surface area contributed by atoms with Gasteiger partial charge in [0.25, 0.3) is 0 Å². The molecule has 5 heteroatoms. The van der Waals surface area contributed by atoms with Gasteiger partial charge in [-0.1, -0.05) is 48.9 Å². The molecule has 0 aliphatic rings. The van der Waals surface area contributed by atoms with E-state index in [4.69, 9.17) is 5.73 Å². The summed E-state index contributed by atoms with van der Waals surface area (Å²) in [7, 11) is 2.12. The molecular weight excluding hydrogens is 411 g/mol. The molecule has 0 aliphatic carbocycles. The average molecular weight is 438 g/mol. The van der Waals surface area contributed by atoms with Crippen molar-refractivity contribution in [2.45, 2.75) is 26.9 Å². The molecule has 2 aromatic carbocycles. The van der Waals surface area contributed by atoms with Gasteiger partial charge in [-0.25, -0.2) is 4.99 Å². The van der Waals surface area contributed by atoms with Crippen LogP contribution in [0.15, 0.2) is 53.5 Å². The molecular formula is C19H27IN4. The highest BCUT2D eigenvalue weighted by Crippen LogP contribution is 2.10. The molecule has 130 valence electrons. The summed E-state index contributed by atoms with van der Waals surface area (Å²) >= 11 is 0. The van der Waals surface area contributed by atoms with Crippen LogP contribution in [0.3, 0.4) is 0 Å². The fourth-order valence-corrected chi connectivity index (χ4v) is 2.25. The van der Waals surface area contributed by atoms with E-state index in [2.05, 4.69) is 60.4 Å². The molecule has 4 nitrogen and oxygen atoms in total. The van der Waals surface area contributed by atoms with Crippen LogP contribution >= 0.6 is 24.0 Å². The Morgan fingerprint density at radius 1 is 1.12 bits per heavy atom. The van der Waals surface area contributed by atoms with Crippen LogP contribution in [0.1, 0.15) is 23.6 Å². The van der Waals surface area contributed by atoms with Crippen LogP contribution in [0.4, 0.5) is 5.69 Å². The van der Waals surface area contributed by atoms with Gasteiger partial charge in [0.05, 0.1) is 6.54 Å². The Kier molecular flexibility index (Phi) is 8.78. The maximum Gasteiger partial charge on any atom is 0.193 e. The predicted octanol–water partition coefficient (Wildman–Crippen LogP) is 3.99. The number of aliphatic imine (C=N–C) groups is 1. The van der Waals surface area contributed by atoms with Gasteiger partial charge in [0.15, 0.2) is 5.96 Å². The van der Waals surface area contributed by atoms with Gasteiger partial charge >= 0.3 is 0 Å². The maximum absolute atomic E-state index is 5.96. The second kappa shape index (κ2) is 10.3. The van der Waals surface area contributed by atoms with Crippen LogP contribution in [0.2, 0.25) is 0 Å². The number of guanidine groups is 1. The highest BCUT2D eigenvalue weighted by Gasteiger charge is 2.00. The van der Waals surface area contributed by atoms with Crippen LogP contribution in [0, 0.1) is 6.92 Å². The summed E-state index contributed by atoms with van der Waals surface area (Å²) in [5.41, 5.74) is 10.6. The molecule has 0 amide bonds. The first-order valence-electron chi connectivity index (χ1n) is 7.97. The molecule has 0 bridgehead atoms. The van der Waals surface area contributed by atoms with Crippen molar-refractivity contribution in [3.63, 3.8) is 0 Å². The standard InChI is InChI=1S/C19H26N4.HI/c1-4-23(3)14-17-7-5-6-16(12-17)13-21-19(20)22-18-10-8-15(2)9-11-18;/h5-12H,4,13-14H2,1-3H3,(H3,20,21,22);1H. The minimum atomic E-state index is 0. The summed E-state index contributed by atoms with van der Waals surface area (Å²) in [6.07, 6.45) is 0. The number of hydrogen-bond donors (Lipinski definition) is 2. The van der Waals surface area contributed by atoms with Gasteiger partial charge in [-0.3, -0.25) is 0 Å². The van der Waals surface area contributed by atoms with Crippen LogP contribution in [-0.2, 0) is 13.1 Å². The van der Waals surface area contributed by atoms with E-state index in [1.54, 1.807) is 0 Å². The fraction of sp³-hybridized carbons (Fsp3) is 0.316. The van der Waals surface area contributed by atoms with Crippen LogP contribution < -0.4 is 11.1 Å². The Hall–Kier alpha value is -1.60. The lowest BCUT2D eigenvalue weighted by molar-refractivity contribution is 0.345. The van der Waals surface area contributed by atoms with E-state index in [1.165, 1.54) is 16.7 Å². The summed E-state index contributed by atoms with van der Waals surface area (Å²) in [6.45, 7) is 6.78. The number of nitrogens with zero attached hydrogens (tertiary/aromatic N) is 2. The van der Waals surface area contributed by atoms with Crippen molar-refractivity contribution in [1.82, 2.24) is 4.90 Å². The van der Waals surface area contributed by atoms with Crippen LogP contribution in [0.25, 0.3) is 0 Å². The Morgan fingerprint density at radius 3 is 2.46 bits per heavy atom. The van der Waals surface area contributed by atoms with Crippen molar-refractivity contribution in [1.29, 1.82) is 0 Å². The van der Waals surface area contributed by atoms with E-state index in [0.29, 0.717) is 12.5 Å². The second-order valence-corrected chi connectivity index (χ2v) is 5.84. The van der Waals surface area contributed by atoms with Gasteiger partial charge in [-0.05, 0) is 43.8 Å². The quantitative estimate of drug-likeness (QED) is 0.408. The third-order valence-corrected chi connectivity index (χ3v) is 3.74. The van der Waals surface area contributed by atoms with Gasteiger partial charge in [0.2, 0.25) is 0 Å². The minimum absolute atomic E-state index is 0. The monoisotopic (exact) mass is 438 g/mol. The molecule has 0 saturated heterocycles. The van der Waals surface area contributed by atoms with Crippen molar-refractivity contribution in [2.75, 3.05) is 18.9 Å². The van der Waals surface area contributed by atoms with Gasteiger partial charge in [0, 0.05) is 12.2 Å². The molecule has 0 fully saturated rings. The molecule has 0 heterocycles. The SMILES string of the molecule is CCN(C)Cc1cccc(CN=C(N)Nc2ccc(C)cc2)c1.I. The van der Waals surface area contributed by atoms with E-state index in [-0.39, 0.29) is 24.0 Å². The van der Waals surface area contributed by atoms with Crippen molar-refractivity contribution in [3.8, 4) is 0 Å². The van der Waals surface area contributed by atoms with Crippen LogP contribution in [0.5, 0.6) is 0 Å². The highest BCUT2D eigenvalue weighted by molar-refractivity contribution is 14.0. The third-order valence-electron chi connectivity index (χ3n) is 3.74. The fourth-order valence-electron chi connectivity index (χ4n) is 2.25. The van der Waals surface area contributed by atoms with Gasteiger partial charge < -0.3 is 16.0 Å². The van der Waals surface area contributed by atoms with Crippen LogP contribution in [-0.4, -0.2) is 24.5 Å². The molecule has 0 radical (unpaired) electrons. The number of anilines is 1. The number of nitrogens with one attached hydrogen (secondary N) is 1. The average Bonchev–Trinajstić information content (AvgIpc) is 2.55. The van der Waals surface area contributed by atoms with Gasteiger partial charge in [0.1, 0.15) is 0 Å². The third kappa shape index (κ3) is 6.88. The number of hydrogen-bond acceptors (Lipinski definition) is 2. The Bertz CT molecular complexity index is 653. The number of aryl methyl sites for hydroxylation is 1. The lowest BCUT2D eigenvalue weighted by Crippen LogP contribution is -2.22. The number of nitrogens with two attached hydrogens (primary N) is 1. The first-order chi connectivity index (χ1) is 11.1. The predicted molar refractivity (Wildman–Crippen MR) is 114 cm³/mol. The lowest BCUT2D eigenvalue weighted by Gasteiger charge is -2.14. The zero-order chi connectivity index (χ0) is 16.7. The van der Waals surface area contributed by atoms with E-state index in [9.17, 15) is 0 Å². The molecule has 0 aliphatic heterocycles. The Labute approximate surface area is 162 Å². The number of rotatable bonds is 6.